The summed E-state index contributed by atoms with van der Waals surface area (Å²) in [5.41, 5.74) is 0. The molecule has 1 rings (SSSR count). The van der Waals surface area contributed by atoms with Crippen molar-refractivity contribution in [1.29, 1.82) is 0 Å². The Morgan fingerprint density at radius 3 is 2.56 bits per heavy atom. The maximum Gasteiger partial charge on any atom is 0.308 e. The van der Waals surface area contributed by atoms with Crippen molar-refractivity contribution in [3.8, 4) is 0 Å². The number of likely N-dealkylation sites (N-methyl/N-ethyl adjacent to an activating group) is 1. The Morgan fingerprint density at radius 1 is 1.44 bits per heavy atom. The van der Waals surface area contributed by atoms with Crippen LogP contribution in [0.4, 0.5) is 0 Å². The first-order chi connectivity index (χ1) is 8.47. The molecule has 18 heavy (non-hydrogen) atoms. The summed E-state index contributed by atoms with van der Waals surface area (Å²) in [4.78, 5) is 24.6. The lowest BCUT2D eigenvalue weighted by Crippen LogP contribution is -2.40. The van der Waals surface area contributed by atoms with Crippen molar-refractivity contribution in [3.63, 3.8) is 0 Å². The molecule has 6 heteroatoms. The molecule has 100 valence electrons. The van der Waals surface area contributed by atoms with Gasteiger partial charge in [0.1, 0.15) is 6.04 Å². The number of carboxylic acids is 1. The molecule has 0 radical (unpaired) electrons. The molecule has 0 aromatic carbocycles. The molecule has 0 saturated heterocycles. The van der Waals surface area contributed by atoms with Gasteiger partial charge in [-0.1, -0.05) is 6.92 Å². The standard InChI is InChI=1S/C12H19N3O3/c1-4-14(8-9(2)12(17)18)11(16)10(3)15-7-5-6-13-15/h5-7,9-10H,4,8H2,1-3H3,(H,17,18). The van der Waals surface area contributed by atoms with E-state index in [4.69, 9.17) is 5.11 Å². The molecule has 2 atom stereocenters. The zero-order valence-electron chi connectivity index (χ0n) is 10.9. The van der Waals surface area contributed by atoms with E-state index < -0.39 is 17.9 Å². The Labute approximate surface area is 106 Å². The van der Waals surface area contributed by atoms with Gasteiger partial charge in [0, 0.05) is 25.5 Å². The minimum absolute atomic E-state index is 0.116. The van der Waals surface area contributed by atoms with E-state index in [0.717, 1.165) is 0 Å². The van der Waals surface area contributed by atoms with Crippen molar-refractivity contribution in [1.82, 2.24) is 14.7 Å². The van der Waals surface area contributed by atoms with Crippen LogP contribution < -0.4 is 0 Å². The van der Waals surface area contributed by atoms with Gasteiger partial charge in [-0.3, -0.25) is 14.3 Å². The number of nitrogens with zero attached hydrogens (tertiary/aromatic N) is 3. The number of carboxylic acid groups (broad SMARTS) is 1. The maximum atomic E-state index is 12.2. The molecular weight excluding hydrogens is 234 g/mol. The molecule has 0 aliphatic rings. The zero-order chi connectivity index (χ0) is 13.7. The number of rotatable bonds is 6. The van der Waals surface area contributed by atoms with Gasteiger partial charge in [0.2, 0.25) is 5.91 Å². The SMILES string of the molecule is CCN(CC(C)C(=O)O)C(=O)C(C)n1cccn1. The van der Waals surface area contributed by atoms with Gasteiger partial charge in [0.15, 0.2) is 0 Å². The largest absolute Gasteiger partial charge is 0.481 e. The van der Waals surface area contributed by atoms with Crippen molar-refractivity contribution in [3.05, 3.63) is 18.5 Å². The highest BCUT2D eigenvalue weighted by Gasteiger charge is 2.24. The third-order valence-corrected chi connectivity index (χ3v) is 2.89. The summed E-state index contributed by atoms with van der Waals surface area (Å²) >= 11 is 0. The van der Waals surface area contributed by atoms with E-state index in [1.54, 1.807) is 41.9 Å². The van der Waals surface area contributed by atoms with Crippen molar-refractivity contribution < 1.29 is 14.7 Å². The molecule has 0 aliphatic heterocycles. The van der Waals surface area contributed by atoms with Gasteiger partial charge in [-0.05, 0) is 19.9 Å². The van der Waals surface area contributed by atoms with Gasteiger partial charge in [-0.25, -0.2) is 0 Å². The number of amides is 1. The third-order valence-electron chi connectivity index (χ3n) is 2.89. The normalized spacial score (nSPS) is 13.9. The molecule has 0 fully saturated rings. The van der Waals surface area contributed by atoms with Crippen LogP contribution in [0.5, 0.6) is 0 Å². The molecule has 0 aliphatic carbocycles. The Bertz CT molecular complexity index is 403. The highest BCUT2D eigenvalue weighted by Crippen LogP contribution is 2.10. The van der Waals surface area contributed by atoms with E-state index in [9.17, 15) is 9.59 Å². The average Bonchev–Trinajstić information content (AvgIpc) is 2.87. The monoisotopic (exact) mass is 253 g/mol. The van der Waals surface area contributed by atoms with Crippen molar-refractivity contribution >= 4 is 11.9 Å². The second kappa shape index (κ2) is 6.18. The van der Waals surface area contributed by atoms with Crippen LogP contribution in [0.15, 0.2) is 18.5 Å². The lowest BCUT2D eigenvalue weighted by molar-refractivity contribution is -0.143. The van der Waals surface area contributed by atoms with Gasteiger partial charge in [-0.15, -0.1) is 0 Å². The van der Waals surface area contributed by atoms with Gasteiger partial charge in [0.25, 0.3) is 0 Å². The van der Waals surface area contributed by atoms with Crippen LogP contribution in [0.3, 0.4) is 0 Å². The first-order valence-electron chi connectivity index (χ1n) is 5.98. The van der Waals surface area contributed by atoms with E-state index in [2.05, 4.69) is 5.10 Å². The van der Waals surface area contributed by atoms with E-state index >= 15 is 0 Å². The van der Waals surface area contributed by atoms with Crippen molar-refractivity contribution in [2.75, 3.05) is 13.1 Å². The number of hydrogen-bond acceptors (Lipinski definition) is 3. The highest BCUT2D eigenvalue weighted by molar-refractivity contribution is 5.80. The fourth-order valence-electron chi connectivity index (χ4n) is 1.67. The predicted octanol–water partition coefficient (Wildman–Crippen LogP) is 1.01. The van der Waals surface area contributed by atoms with E-state index in [1.165, 1.54) is 0 Å². The van der Waals surface area contributed by atoms with E-state index in [-0.39, 0.29) is 12.5 Å². The number of hydrogen-bond donors (Lipinski definition) is 1. The number of aromatic nitrogens is 2. The Morgan fingerprint density at radius 2 is 2.11 bits per heavy atom. The Balaban J connectivity index is 2.70. The van der Waals surface area contributed by atoms with Crippen LogP contribution in [-0.2, 0) is 9.59 Å². The summed E-state index contributed by atoms with van der Waals surface area (Å²) in [6, 6.07) is 1.33. The fourth-order valence-corrected chi connectivity index (χ4v) is 1.67. The predicted molar refractivity (Wildman–Crippen MR) is 66.0 cm³/mol. The average molecular weight is 253 g/mol. The summed E-state index contributed by atoms with van der Waals surface area (Å²) in [6.07, 6.45) is 3.33. The van der Waals surface area contributed by atoms with Crippen LogP contribution in [0.2, 0.25) is 0 Å². The molecule has 0 spiro atoms. The van der Waals surface area contributed by atoms with Gasteiger partial charge < -0.3 is 10.0 Å². The lowest BCUT2D eigenvalue weighted by atomic mass is 10.1. The van der Waals surface area contributed by atoms with E-state index in [0.29, 0.717) is 6.54 Å². The Kier molecular flexibility index (Phi) is 4.88. The molecule has 1 aromatic rings. The highest BCUT2D eigenvalue weighted by atomic mass is 16.4. The smallest absolute Gasteiger partial charge is 0.308 e. The summed E-state index contributed by atoms with van der Waals surface area (Å²) in [5, 5.41) is 12.9. The molecule has 2 unspecified atom stereocenters. The number of carbonyl (C=O) groups excluding carboxylic acids is 1. The molecule has 6 nitrogen and oxygen atoms in total. The summed E-state index contributed by atoms with van der Waals surface area (Å²) in [6.45, 7) is 5.89. The molecule has 1 amide bonds. The van der Waals surface area contributed by atoms with Crippen molar-refractivity contribution in [2.24, 2.45) is 5.92 Å². The molecule has 1 N–H and O–H groups in total. The van der Waals surface area contributed by atoms with Crippen molar-refractivity contribution in [2.45, 2.75) is 26.8 Å². The summed E-state index contributed by atoms with van der Waals surface area (Å²) in [5.74, 6) is -1.58. The number of carbonyl (C=O) groups is 2. The summed E-state index contributed by atoms with van der Waals surface area (Å²) in [7, 11) is 0. The van der Waals surface area contributed by atoms with Crippen LogP contribution in [-0.4, -0.2) is 44.8 Å². The molecule has 1 aromatic heterocycles. The second-order valence-electron chi connectivity index (χ2n) is 4.28. The van der Waals surface area contributed by atoms with Crippen LogP contribution in [0.1, 0.15) is 26.8 Å². The van der Waals surface area contributed by atoms with Crippen LogP contribution in [0, 0.1) is 5.92 Å². The minimum atomic E-state index is -0.895. The number of aliphatic carboxylic acids is 1. The maximum absolute atomic E-state index is 12.2. The Hall–Kier alpha value is -1.85. The first-order valence-corrected chi connectivity index (χ1v) is 5.98. The quantitative estimate of drug-likeness (QED) is 0.821. The third kappa shape index (κ3) is 3.32. The van der Waals surface area contributed by atoms with Gasteiger partial charge in [-0.2, -0.15) is 5.10 Å². The molecule has 0 bridgehead atoms. The van der Waals surface area contributed by atoms with Crippen LogP contribution in [0.25, 0.3) is 0 Å². The second-order valence-corrected chi connectivity index (χ2v) is 4.28. The molecule has 1 heterocycles. The van der Waals surface area contributed by atoms with Gasteiger partial charge in [0.05, 0.1) is 5.92 Å². The topological polar surface area (TPSA) is 75.4 Å². The summed E-state index contributed by atoms with van der Waals surface area (Å²) < 4.78 is 1.57. The lowest BCUT2D eigenvalue weighted by Gasteiger charge is -2.26. The van der Waals surface area contributed by atoms with E-state index in [1.807, 2.05) is 6.92 Å². The molecular formula is C12H19N3O3. The fraction of sp³-hybridized carbons (Fsp3) is 0.583. The minimum Gasteiger partial charge on any atom is -0.481 e. The van der Waals surface area contributed by atoms with Gasteiger partial charge >= 0.3 is 5.97 Å². The first kappa shape index (κ1) is 14.2. The van der Waals surface area contributed by atoms with Crippen LogP contribution >= 0.6 is 0 Å². The molecule has 0 saturated carbocycles. The zero-order valence-corrected chi connectivity index (χ0v) is 10.9.